The lowest BCUT2D eigenvalue weighted by molar-refractivity contribution is 0.0699. The Balaban J connectivity index is 1.58. The number of methoxy groups -OCH3 is 1. The number of carbonyl (C=O) groups is 1. The van der Waals surface area contributed by atoms with E-state index in [1.165, 1.54) is 13.3 Å². The van der Waals surface area contributed by atoms with Crippen LogP contribution in [0.3, 0.4) is 0 Å². The standard InChI is InChI=1S/C20H18ClN3O4/c1-28-18-11(2-3-17(23-18)24-8-10-6-20(10,27)9-24)12-4-13-14(19(25)26)7-22-16(13)5-15(12)21/h2-5,7,10,22,27H,6,8-9H2,1H3,(H,25,26)/t10?,20-/m1/s1. The molecule has 1 unspecified atom stereocenters. The molecule has 5 rings (SSSR count). The van der Waals surface area contributed by atoms with Crippen LogP contribution in [0.15, 0.2) is 30.5 Å². The summed E-state index contributed by atoms with van der Waals surface area (Å²) in [5.74, 6) is 0.454. The van der Waals surface area contributed by atoms with Gasteiger partial charge in [0.15, 0.2) is 0 Å². The molecule has 2 aromatic heterocycles. The van der Waals surface area contributed by atoms with Gasteiger partial charge in [0, 0.05) is 47.2 Å². The number of piperidine rings is 1. The minimum Gasteiger partial charge on any atom is -0.480 e. The Kier molecular flexibility index (Phi) is 3.63. The summed E-state index contributed by atoms with van der Waals surface area (Å²) in [6.07, 6.45) is 2.31. The van der Waals surface area contributed by atoms with Gasteiger partial charge in [-0.25, -0.2) is 4.79 Å². The summed E-state index contributed by atoms with van der Waals surface area (Å²) in [6.45, 7) is 1.36. The number of H-pyrrole nitrogens is 1. The third-order valence-electron chi connectivity index (χ3n) is 5.76. The number of aromatic amines is 1. The zero-order valence-electron chi connectivity index (χ0n) is 15.1. The molecule has 3 aromatic rings. The van der Waals surface area contributed by atoms with Crippen molar-refractivity contribution in [1.29, 1.82) is 0 Å². The van der Waals surface area contributed by atoms with Crippen molar-refractivity contribution in [2.24, 2.45) is 5.92 Å². The molecule has 7 nitrogen and oxygen atoms in total. The average Bonchev–Trinajstić information content (AvgIpc) is 3.00. The van der Waals surface area contributed by atoms with E-state index in [4.69, 9.17) is 16.3 Å². The summed E-state index contributed by atoms with van der Waals surface area (Å²) in [5.41, 5.74) is 1.60. The lowest BCUT2D eigenvalue weighted by atomic mass is 10.0. The van der Waals surface area contributed by atoms with E-state index in [0.29, 0.717) is 45.4 Å². The molecule has 1 aliphatic heterocycles. The molecule has 0 spiro atoms. The molecule has 8 heteroatoms. The van der Waals surface area contributed by atoms with Crippen molar-refractivity contribution < 1.29 is 19.7 Å². The maximum atomic E-state index is 11.5. The third-order valence-corrected chi connectivity index (χ3v) is 6.07. The Morgan fingerprint density at radius 1 is 1.39 bits per heavy atom. The van der Waals surface area contributed by atoms with Crippen molar-refractivity contribution in [2.75, 3.05) is 25.1 Å². The number of fused-ring (bicyclic) bond motifs is 2. The van der Waals surface area contributed by atoms with Crippen molar-refractivity contribution in [3.8, 4) is 17.0 Å². The molecular formula is C20H18ClN3O4. The van der Waals surface area contributed by atoms with E-state index < -0.39 is 11.6 Å². The number of nitrogens with zero attached hydrogens (tertiary/aromatic N) is 2. The first-order valence-corrected chi connectivity index (χ1v) is 9.34. The number of rotatable bonds is 4. The fourth-order valence-corrected chi connectivity index (χ4v) is 4.39. The lowest BCUT2D eigenvalue weighted by Gasteiger charge is -2.21. The van der Waals surface area contributed by atoms with Crippen LogP contribution < -0.4 is 9.64 Å². The van der Waals surface area contributed by atoms with Gasteiger partial charge < -0.3 is 24.8 Å². The highest BCUT2D eigenvalue weighted by atomic mass is 35.5. The molecule has 1 aliphatic carbocycles. The minimum absolute atomic E-state index is 0.181. The third kappa shape index (κ3) is 2.54. The van der Waals surface area contributed by atoms with Crippen LogP contribution in [0, 0.1) is 5.92 Å². The molecule has 3 N–H and O–H groups in total. The molecule has 1 saturated carbocycles. The fourth-order valence-electron chi connectivity index (χ4n) is 4.13. The van der Waals surface area contributed by atoms with Crippen LogP contribution in [0.2, 0.25) is 5.02 Å². The summed E-state index contributed by atoms with van der Waals surface area (Å²) in [6, 6.07) is 7.19. The molecule has 1 saturated heterocycles. The van der Waals surface area contributed by atoms with Gasteiger partial charge in [-0.1, -0.05) is 11.6 Å². The maximum absolute atomic E-state index is 11.5. The van der Waals surface area contributed by atoms with Crippen molar-refractivity contribution in [2.45, 2.75) is 12.0 Å². The van der Waals surface area contributed by atoms with Crippen LogP contribution in [-0.4, -0.2) is 52.0 Å². The minimum atomic E-state index is -1.01. The van der Waals surface area contributed by atoms with E-state index in [1.807, 2.05) is 12.1 Å². The van der Waals surface area contributed by atoms with E-state index in [2.05, 4.69) is 14.9 Å². The first kappa shape index (κ1) is 17.3. The monoisotopic (exact) mass is 399 g/mol. The topological polar surface area (TPSA) is 98.7 Å². The van der Waals surface area contributed by atoms with Crippen LogP contribution >= 0.6 is 11.6 Å². The highest BCUT2D eigenvalue weighted by Gasteiger charge is 2.59. The second-order valence-electron chi connectivity index (χ2n) is 7.50. The number of benzene rings is 1. The smallest absolute Gasteiger partial charge is 0.337 e. The molecular weight excluding hydrogens is 382 g/mol. The summed E-state index contributed by atoms with van der Waals surface area (Å²) < 4.78 is 5.51. The molecule has 3 heterocycles. The van der Waals surface area contributed by atoms with Crippen LogP contribution in [0.5, 0.6) is 5.88 Å². The van der Waals surface area contributed by atoms with Crippen LogP contribution in [0.4, 0.5) is 5.82 Å². The number of carboxylic acid groups (broad SMARTS) is 1. The van der Waals surface area contributed by atoms with Crippen LogP contribution in [0.1, 0.15) is 16.8 Å². The van der Waals surface area contributed by atoms with E-state index in [0.717, 1.165) is 18.8 Å². The van der Waals surface area contributed by atoms with Crippen molar-refractivity contribution >= 4 is 34.3 Å². The Morgan fingerprint density at radius 2 is 2.21 bits per heavy atom. The molecule has 28 heavy (non-hydrogen) atoms. The van der Waals surface area contributed by atoms with Crippen molar-refractivity contribution in [3.05, 3.63) is 41.0 Å². The van der Waals surface area contributed by atoms with Crippen molar-refractivity contribution in [1.82, 2.24) is 9.97 Å². The molecule has 0 amide bonds. The summed E-state index contributed by atoms with van der Waals surface area (Å²) >= 11 is 6.47. The van der Waals surface area contributed by atoms with E-state index in [-0.39, 0.29) is 5.56 Å². The van der Waals surface area contributed by atoms with E-state index >= 15 is 0 Å². The van der Waals surface area contributed by atoms with Gasteiger partial charge in [0.2, 0.25) is 5.88 Å². The average molecular weight is 400 g/mol. The molecule has 2 atom stereocenters. The van der Waals surface area contributed by atoms with Gasteiger partial charge in [0.25, 0.3) is 0 Å². The second kappa shape index (κ2) is 5.86. The number of anilines is 1. The maximum Gasteiger partial charge on any atom is 0.337 e. The Morgan fingerprint density at radius 3 is 2.89 bits per heavy atom. The van der Waals surface area contributed by atoms with Gasteiger partial charge in [-0.15, -0.1) is 0 Å². The number of aliphatic hydroxyl groups is 1. The number of nitrogens with one attached hydrogen (secondary N) is 1. The highest BCUT2D eigenvalue weighted by molar-refractivity contribution is 6.34. The van der Waals surface area contributed by atoms with E-state index in [9.17, 15) is 15.0 Å². The molecule has 2 fully saturated rings. The molecule has 0 bridgehead atoms. The van der Waals surface area contributed by atoms with Crippen molar-refractivity contribution in [3.63, 3.8) is 0 Å². The summed E-state index contributed by atoms with van der Waals surface area (Å²) in [5, 5.41) is 20.7. The predicted octanol–water partition coefficient (Wildman–Crippen LogP) is 3.16. The SMILES string of the molecule is COc1nc(N2CC3C[C@@]3(O)C2)ccc1-c1cc2c(C(=O)O)c[nH]c2cc1Cl. The molecule has 2 aliphatic rings. The first-order chi connectivity index (χ1) is 13.4. The number of halogens is 1. The number of hydrogen-bond acceptors (Lipinski definition) is 5. The second-order valence-corrected chi connectivity index (χ2v) is 7.90. The molecule has 0 radical (unpaired) electrons. The zero-order valence-corrected chi connectivity index (χ0v) is 15.8. The van der Waals surface area contributed by atoms with Gasteiger partial charge in [-0.3, -0.25) is 0 Å². The van der Waals surface area contributed by atoms with Gasteiger partial charge in [-0.05, 0) is 30.7 Å². The fraction of sp³-hybridized carbons (Fsp3) is 0.300. The zero-order chi connectivity index (χ0) is 19.6. The van der Waals surface area contributed by atoms with Gasteiger partial charge in [0.1, 0.15) is 5.82 Å². The number of β-amino-alcohol motifs (C(OH)–C–C–N with tert-alkyl or cyclic N) is 1. The number of aromatic carboxylic acids is 1. The number of ether oxygens (including phenoxy) is 1. The quantitative estimate of drug-likeness (QED) is 0.623. The molecule has 1 aromatic carbocycles. The summed E-state index contributed by atoms with van der Waals surface area (Å²) in [4.78, 5) is 21.1. The van der Waals surface area contributed by atoms with Crippen LogP contribution in [-0.2, 0) is 0 Å². The number of hydrogen-bond donors (Lipinski definition) is 3. The van der Waals surface area contributed by atoms with E-state index in [1.54, 1.807) is 12.1 Å². The van der Waals surface area contributed by atoms with Crippen LogP contribution in [0.25, 0.3) is 22.0 Å². The predicted molar refractivity (Wildman–Crippen MR) is 105 cm³/mol. The largest absolute Gasteiger partial charge is 0.480 e. The molecule has 144 valence electrons. The first-order valence-electron chi connectivity index (χ1n) is 8.96. The number of carboxylic acids is 1. The van der Waals surface area contributed by atoms with Gasteiger partial charge >= 0.3 is 5.97 Å². The van der Waals surface area contributed by atoms with Gasteiger partial charge in [-0.2, -0.15) is 4.98 Å². The normalized spacial score (nSPS) is 23.1. The number of aromatic nitrogens is 2. The van der Waals surface area contributed by atoms with Gasteiger partial charge in [0.05, 0.1) is 23.3 Å². The lowest BCUT2D eigenvalue weighted by Crippen LogP contribution is -2.27. The summed E-state index contributed by atoms with van der Waals surface area (Å²) in [7, 11) is 1.54. The Hall–Kier alpha value is -2.77. The number of pyridine rings is 1. The highest BCUT2D eigenvalue weighted by Crippen LogP contribution is 2.50. The Labute approximate surface area is 165 Å². The Bertz CT molecular complexity index is 1130.